The monoisotopic (exact) mass is 194 g/mol. The van der Waals surface area contributed by atoms with Gasteiger partial charge in [0, 0.05) is 12.8 Å². The summed E-state index contributed by atoms with van der Waals surface area (Å²) in [6.45, 7) is 2.09. The molecular weight excluding hydrogens is 172 g/mol. The van der Waals surface area contributed by atoms with Crippen LogP contribution in [0, 0.1) is 17.8 Å². The van der Waals surface area contributed by atoms with Gasteiger partial charge in [-0.2, -0.15) is 0 Å². The van der Waals surface area contributed by atoms with Gasteiger partial charge in [0.2, 0.25) is 0 Å². The van der Waals surface area contributed by atoms with Crippen molar-refractivity contribution in [2.45, 2.75) is 58.3 Å². The normalized spacial score (nSPS) is 35.1. The lowest BCUT2D eigenvalue weighted by Crippen LogP contribution is -2.12. The standard InChI is InChI=1S/C13H22O/c1-2-3-13(14)7-6-12-9-10-4-5-11(12)8-10/h10-12H,2-9H2,1H3. The maximum Gasteiger partial charge on any atom is 0.132 e. The Morgan fingerprint density at radius 3 is 2.64 bits per heavy atom. The van der Waals surface area contributed by atoms with Gasteiger partial charge < -0.3 is 0 Å². The summed E-state index contributed by atoms with van der Waals surface area (Å²) in [4.78, 5) is 11.4. The number of rotatable bonds is 5. The van der Waals surface area contributed by atoms with Crippen LogP contribution in [0.2, 0.25) is 0 Å². The molecule has 3 atom stereocenters. The van der Waals surface area contributed by atoms with E-state index in [0.717, 1.165) is 37.0 Å². The summed E-state index contributed by atoms with van der Waals surface area (Å²) in [6, 6.07) is 0. The highest BCUT2D eigenvalue weighted by molar-refractivity contribution is 5.78. The summed E-state index contributed by atoms with van der Waals surface area (Å²) in [5.41, 5.74) is 0. The second-order valence-corrected chi connectivity index (χ2v) is 5.26. The molecule has 1 nitrogen and oxygen atoms in total. The maximum atomic E-state index is 11.4. The van der Waals surface area contributed by atoms with Gasteiger partial charge in [-0.15, -0.1) is 0 Å². The molecule has 0 heterocycles. The zero-order valence-corrected chi connectivity index (χ0v) is 9.30. The number of fused-ring (bicyclic) bond motifs is 2. The van der Waals surface area contributed by atoms with E-state index in [2.05, 4.69) is 6.92 Å². The van der Waals surface area contributed by atoms with E-state index in [4.69, 9.17) is 0 Å². The molecule has 2 aliphatic rings. The van der Waals surface area contributed by atoms with Gasteiger partial charge in [-0.25, -0.2) is 0 Å². The average Bonchev–Trinajstić information content (AvgIpc) is 2.76. The second-order valence-electron chi connectivity index (χ2n) is 5.26. The highest BCUT2D eigenvalue weighted by Gasteiger charge is 2.38. The van der Waals surface area contributed by atoms with E-state index < -0.39 is 0 Å². The third-order valence-corrected chi connectivity index (χ3v) is 4.21. The molecule has 80 valence electrons. The molecule has 2 saturated carbocycles. The molecule has 2 fully saturated rings. The van der Waals surface area contributed by atoms with Gasteiger partial charge in [-0.05, 0) is 49.9 Å². The zero-order chi connectivity index (χ0) is 9.97. The van der Waals surface area contributed by atoms with Gasteiger partial charge in [0.1, 0.15) is 5.78 Å². The third kappa shape index (κ3) is 2.18. The van der Waals surface area contributed by atoms with E-state index >= 15 is 0 Å². The zero-order valence-electron chi connectivity index (χ0n) is 9.30. The Morgan fingerprint density at radius 2 is 2.07 bits per heavy atom. The van der Waals surface area contributed by atoms with E-state index in [1.807, 2.05) is 0 Å². The minimum atomic E-state index is 0.496. The smallest absolute Gasteiger partial charge is 0.132 e. The molecule has 0 saturated heterocycles. The summed E-state index contributed by atoms with van der Waals surface area (Å²) in [7, 11) is 0. The first-order chi connectivity index (χ1) is 6.79. The van der Waals surface area contributed by atoms with E-state index in [-0.39, 0.29) is 0 Å². The highest BCUT2D eigenvalue weighted by Crippen LogP contribution is 2.49. The molecule has 0 aliphatic heterocycles. The van der Waals surface area contributed by atoms with Crippen molar-refractivity contribution in [1.29, 1.82) is 0 Å². The molecule has 2 rings (SSSR count). The lowest BCUT2D eigenvalue weighted by Gasteiger charge is -2.20. The molecular formula is C13H22O. The van der Waals surface area contributed by atoms with E-state index in [9.17, 15) is 4.79 Å². The van der Waals surface area contributed by atoms with Crippen molar-refractivity contribution >= 4 is 5.78 Å². The van der Waals surface area contributed by atoms with Crippen LogP contribution in [0.15, 0.2) is 0 Å². The maximum absolute atomic E-state index is 11.4. The van der Waals surface area contributed by atoms with Gasteiger partial charge in [0.15, 0.2) is 0 Å². The van der Waals surface area contributed by atoms with Crippen LogP contribution >= 0.6 is 0 Å². The molecule has 0 aromatic rings. The molecule has 0 aromatic heterocycles. The van der Waals surface area contributed by atoms with Crippen molar-refractivity contribution in [3.8, 4) is 0 Å². The van der Waals surface area contributed by atoms with Gasteiger partial charge in [0.25, 0.3) is 0 Å². The molecule has 0 amide bonds. The van der Waals surface area contributed by atoms with Gasteiger partial charge in [-0.1, -0.05) is 13.3 Å². The van der Waals surface area contributed by atoms with Gasteiger partial charge >= 0.3 is 0 Å². The number of hydrogen-bond donors (Lipinski definition) is 0. The van der Waals surface area contributed by atoms with E-state index in [1.165, 1.54) is 32.1 Å². The number of carbonyl (C=O) groups excluding carboxylic acids is 1. The van der Waals surface area contributed by atoms with E-state index in [1.54, 1.807) is 0 Å². The Bertz CT molecular complexity index is 209. The summed E-state index contributed by atoms with van der Waals surface area (Å²) >= 11 is 0. The molecule has 0 spiro atoms. The first-order valence-corrected chi connectivity index (χ1v) is 6.31. The number of carbonyl (C=O) groups is 1. The SMILES string of the molecule is CCCC(=O)CCC1CC2CCC1C2. The molecule has 3 unspecified atom stereocenters. The van der Waals surface area contributed by atoms with Crippen molar-refractivity contribution in [2.24, 2.45) is 17.8 Å². The molecule has 1 heteroatoms. The summed E-state index contributed by atoms with van der Waals surface area (Å²) in [5, 5.41) is 0. The third-order valence-electron chi connectivity index (χ3n) is 4.21. The topological polar surface area (TPSA) is 17.1 Å². The fraction of sp³-hybridized carbons (Fsp3) is 0.923. The Hall–Kier alpha value is -0.330. The van der Waals surface area contributed by atoms with Crippen LogP contribution in [0.5, 0.6) is 0 Å². The predicted molar refractivity (Wildman–Crippen MR) is 58.1 cm³/mol. The van der Waals surface area contributed by atoms with Crippen LogP contribution in [0.25, 0.3) is 0 Å². The van der Waals surface area contributed by atoms with Crippen LogP contribution in [0.3, 0.4) is 0 Å². The van der Waals surface area contributed by atoms with Crippen LogP contribution in [-0.4, -0.2) is 5.78 Å². The molecule has 0 N–H and O–H groups in total. The average molecular weight is 194 g/mol. The first-order valence-electron chi connectivity index (χ1n) is 6.31. The minimum Gasteiger partial charge on any atom is -0.300 e. The Labute approximate surface area is 87.3 Å². The van der Waals surface area contributed by atoms with Crippen molar-refractivity contribution in [3.05, 3.63) is 0 Å². The first kappa shape index (κ1) is 10.2. The van der Waals surface area contributed by atoms with Crippen molar-refractivity contribution in [3.63, 3.8) is 0 Å². The van der Waals surface area contributed by atoms with E-state index in [0.29, 0.717) is 5.78 Å². The van der Waals surface area contributed by atoms with Crippen LogP contribution < -0.4 is 0 Å². The van der Waals surface area contributed by atoms with Crippen molar-refractivity contribution in [2.75, 3.05) is 0 Å². The number of ketones is 1. The fourth-order valence-corrected chi connectivity index (χ4v) is 3.48. The molecule has 0 radical (unpaired) electrons. The predicted octanol–water partition coefficient (Wildman–Crippen LogP) is 3.57. The Morgan fingerprint density at radius 1 is 1.21 bits per heavy atom. The lowest BCUT2D eigenvalue weighted by molar-refractivity contribution is -0.119. The summed E-state index contributed by atoms with van der Waals surface area (Å²) < 4.78 is 0. The fourth-order valence-electron chi connectivity index (χ4n) is 3.48. The van der Waals surface area contributed by atoms with Crippen LogP contribution in [0.1, 0.15) is 58.3 Å². The summed E-state index contributed by atoms with van der Waals surface area (Å²) in [5.74, 6) is 3.44. The lowest BCUT2D eigenvalue weighted by atomic mass is 9.85. The molecule has 2 bridgehead atoms. The van der Waals surface area contributed by atoms with Crippen molar-refractivity contribution < 1.29 is 4.79 Å². The minimum absolute atomic E-state index is 0.496. The largest absolute Gasteiger partial charge is 0.300 e. The molecule has 2 aliphatic carbocycles. The second kappa shape index (κ2) is 4.46. The summed E-state index contributed by atoms with van der Waals surface area (Å²) in [6.07, 6.45) is 9.73. The van der Waals surface area contributed by atoms with Gasteiger partial charge in [0.05, 0.1) is 0 Å². The number of hydrogen-bond acceptors (Lipinski definition) is 1. The van der Waals surface area contributed by atoms with Crippen LogP contribution in [-0.2, 0) is 4.79 Å². The number of Topliss-reactive ketones (excluding diaryl/α,β-unsaturated/α-hetero) is 1. The van der Waals surface area contributed by atoms with Gasteiger partial charge in [-0.3, -0.25) is 4.79 Å². The highest BCUT2D eigenvalue weighted by atomic mass is 16.1. The molecule has 0 aromatic carbocycles. The Balaban J connectivity index is 1.69. The van der Waals surface area contributed by atoms with Crippen LogP contribution in [0.4, 0.5) is 0 Å². The molecule has 14 heavy (non-hydrogen) atoms. The van der Waals surface area contributed by atoms with Crippen molar-refractivity contribution in [1.82, 2.24) is 0 Å². The quantitative estimate of drug-likeness (QED) is 0.654. The Kier molecular flexibility index (Phi) is 3.25.